The smallest absolute Gasteiger partial charge is 0.0991 e. The molecule has 0 saturated heterocycles. The summed E-state index contributed by atoms with van der Waals surface area (Å²) in [6, 6.07) is 17.5. The number of aliphatic hydroxyl groups is 1. The summed E-state index contributed by atoms with van der Waals surface area (Å²) < 4.78 is 0. The predicted octanol–water partition coefficient (Wildman–Crippen LogP) is 3.02. The third-order valence-corrected chi connectivity index (χ3v) is 3.82. The summed E-state index contributed by atoms with van der Waals surface area (Å²) in [6.07, 6.45) is 1.24. The van der Waals surface area contributed by atoms with E-state index in [1.54, 1.807) is 12.1 Å². The quantitative estimate of drug-likeness (QED) is 0.876. The monoisotopic (exact) mass is 264 g/mol. The molecule has 3 heteroatoms. The van der Waals surface area contributed by atoms with Crippen LogP contribution in [0.3, 0.4) is 0 Å². The van der Waals surface area contributed by atoms with Crippen molar-refractivity contribution in [2.75, 3.05) is 5.32 Å². The number of anilines is 1. The topological polar surface area (TPSA) is 56.0 Å². The van der Waals surface area contributed by atoms with Crippen molar-refractivity contribution in [3.8, 4) is 6.07 Å². The second kappa shape index (κ2) is 5.36. The molecule has 0 aliphatic carbocycles. The fourth-order valence-corrected chi connectivity index (χ4v) is 2.72. The van der Waals surface area contributed by atoms with Gasteiger partial charge in [-0.3, -0.25) is 0 Å². The average molecular weight is 264 g/mol. The Morgan fingerprint density at radius 1 is 1.20 bits per heavy atom. The lowest BCUT2D eigenvalue weighted by atomic mass is 9.91. The summed E-state index contributed by atoms with van der Waals surface area (Å²) in [5, 5.41) is 22.9. The van der Waals surface area contributed by atoms with Gasteiger partial charge in [0.2, 0.25) is 0 Å². The molecule has 2 atom stereocenters. The van der Waals surface area contributed by atoms with Crippen LogP contribution in [0.4, 0.5) is 5.69 Å². The number of aryl methyl sites for hydroxylation is 1. The fraction of sp³-hybridized carbons (Fsp3) is 0.235. The molecule has 1 aliphatic rings. The van der Waals surface area contributed by atoms with Crippen LogP contribution in [0.25, 0.3) is 0 Å². The lowest BCUT2D eigenvalue weighted by Crippen LogP contribution is -2.31. The van der Waals surface area contributed by atoms with Crippen LogP contribution < -0.4 is 5.32 Å². The summed E-state index contributed by atoms with van der Waals surface area (Å²) in [6.45, 7) is 0. The van der Waals surface area contributed by atoms with Crippen LogP contribution in [-0.2, 0) is 6.42 Å². The van der Waals surface area contributed by atoms with Gasteiger partial charge in [-0.05, 0) is 42.2 Å². The van der Waals surface area contributed by atoms with Crippen molar-refractivity contribution in [3.63, 3.8) is 0 Å². The zero-order valence-electron chi connectivity index (χ0n) is 11.1. The van der Waals surface area contributed by atoms with Crippen LogP contribution in [0, 0.1) is 11.3 Å². The highest BCUT2D eigenvalue weighted by molar-refractivity contribution is 5.54. The van der Waals surface area contributed by atoms with Crippen molar-refractivity contribution >= 4 is 5.69 Å². The first kappa shape index (κ1) is 12.7. The largest absolute Gasteiger partial charge is 0.386 e. The Balaban J connectivity index is 1.82. The van der Waals surface area contributed by atoms with E-state index in [9.17, 15) is 5.11 Å². The van der Waals surface area contributed by atoms with Crippen LogP contribution in [0.15, 0.2) is 48.5 Å². The maximum Gasteiger partial charge on any atom is 0.0991 e. The first-order chi connectivity index (χ1) is 9.78. The Bertz CT molecular complexity index is 660. The maximum atomic E-state index is 10.5. The first-order valence-corrected chi connectivity index (χ1v) is 6.80. The number of hydrogen-bond donors (Lipinski definition) is 2. The molecule has 0 fully saturated rings. The van der Waals surface area contributed by atoms with Gasteiger partial charge in [0.15, 0.2) is 0 Å². The molecule has 3 nitrogen and oxygen atoms in total. The summed E-state index contributed by atoms with van der Waals surface area (Å²) in [5.74, 6) is 0. The molecule has 1 aliphatic heterocycles. The van der Waals surface area contributed by atoms with Gasteiger partial charge in [0, 0.05) is 5.69 Å². The summed E-state index contributed by atoms with van der Waals surface area (Å²) in [4.78, 5) is 0. The van der Waals surface area contributed by atoms with Gasteiger partial charge in [-0.2, -0.15) is 5.26 Å². The van der Waals surface area contributed by atoms with Crippen molar-refractivity contribution < 1.29 is 5.11 Å². The molecule has 0 bridgehead atoms. The predicted molar refractivity (Wildman–Crippen MR) is 78.3 cm³/mol. The molecule has 2 unspecified atom stereocenters. The number of benzene rings is 2. The Morgan fingerprint density at radius 3 is 2.90 bits per heavy atom. The van der Waals surface area contributed by atoms with Crippen LogP contribution >= 0.6 is 0 Å². The van der Waals surface area contributed by atoms with Gasteiger partial charge >= 0.3 is 0 Å². The molecule has 0 saturated carbocycles. The number of aliphatic hydroxyl groups excluding tert-OH is 1. The van der Waals surface area contributed by atoms with Crippen molar-refractivity contribution in [1.29, 1.82) is 5.26 Å². The van der Waals surface area contributed by atoms with Gasteiger partial charge in [0.25, 0.3) is 0 Å². The number of nitrogens with one attached hydrogen (secondary N) is 1. The highest BCUT2D eigenvalue weighted by Gasteiger charge is 2.25. The van der Waals surface area contributed by atoms with Crippen molar-refractivity contribution in [2.45, 2.75) is 25.0 Å². The molecule has 0 spiro atoms. The minimum absolute atomic E-state index is 0.0150. The highest BCUT2D eigenvalue weighted by atomic mass is 16.3. The number of fused-ring (bicyclic) bond motifs is 1. The van der Waals surface area contributed by atoms with Crippen molar-refractivity contribution in [2.24, 2.45) is 0 Å². The standard InChI is InChI=1S/C17H16N2O/c18-11-12-4-3-6-14(10-12)17(20)16-9-8-13-5-1-2-7-15(13)19-16/h1-7,10,16-17,19-20H,8-9H2. The van der Waals surface area contributed by atoms with E-state index in [1.165, 1.54) is 5.56 Å². The molecule has 0 radical (unpaired) electrons. The third-order valence-electron chi connectivity index (χ3n) is 3.82. The fourth-order valence-electron chi connectivity index (χ4n) is 2.72. The lowest BCUT2D eigenvalue weighted by molar-refractivity contribution is 0.149. The molecule has 0 amide bonds. The van der Waals surface area contributed by atoms with Crippen LogP contribution in [-0.4, -0.2) is 11.1 Å². The number of rotatable bonds is 2. The molecule has 2 aromatic carbocycles. The molecule has 2 aromatic rings. The summed E-state index contributed by atoms with van der Waals surface area (Å²) in [5.41, 5.74) is 3.76. The third kappa shape index (κ3) is 2.38. The number of nitriles is 1. The maximum absolute atomic E-state index is 10.5. The summed E-state index contributed by atoms with van der Waals surface area (Å²) in [7, 11) is 0. The zero-order chi connectivity index (χ0) is 13.9. The second-order valence-electron chi connectivity index (χ2n) is 5.13. The van der Waals surface area contributed by atoms with E-state index >= 15 is 0 Å². The number of hydrogen-bond acceptors (Lipinski definition) is 3. The Kier molecular flexibility index (Phi) is 3.41. The molecule has 100 valence electrons. The number of para-hydroxylation sites is 1. The van der Waals surface area contributed by atoms with Crippen LogP contribution in [0.1, 0.15) is 29.2 Å². The van der Waals surface area contributed by atoms with E-state index in [2.05, 4.69) is 17.5 Å². The van der Waals surface area contributed by atoms with Crippen molar-refractivity contribution in [3.05, 3.63) is 65.2 Å². The Hall–Kier alpha value is -2.31. The van der Waals surface area contributed by atoms with Gasteiger partial charge < -0.3 is 10.4 Å². The average Bonchev–Trinajstić information content (AvgIpc) is 2.53. The van der Waals surface area contributed by atoms with E-state index in [4.69, 9.17) is 5.26 Å². The normalized spacial score (nSPS) is 18.5. The molecule has 20 heavy (non-hydrogen) atoms. The van der Waals surface area contributed by atoms with E-state index < -0.39 is 6.10 Å². The number of nitrogens with zero attached hydrogens (tertiary/aromatic N) is 1. The van der Waals surface area contributed by atoms with Gasteiger partial charge in [0.1, 0.15) is 0 Å². The SMILES string of the molecule is N#Cc1cccc(C(O)C2CCc3ccccc3N2)c1. The Morgan fingerprint density at radius 2 is 2.05 bits per heavy atom. The molecular weight excluding hydrogens is 248 g/mol. The minimum atomic E-state index is -0.600. The highest BCUT2D eigenvalue weighted by Crippen LogP contribution is 2.30. The van der Waals surface area contributed by atoms with Gasteiger partial charge in [0.05, 0.1) is 23.8 Å². The molecule has 2 N–H and O–H groups in total. The minimum Gasteiger partial charge on any atom is -0.386 e. The van der Waals surface area contributed by atoms with Crippen molar-refractivity contribution in [1.82, 2.24) is 0 Å². The van der Waals surface area contributed by atoms with Gasteiger partial charge in [-0.15, -0.1) is 0 Å². The van der Waals surface area contributed by atoms with E-state index in [1.807, 2.05) is 30.3 Å². The molecular formula is C17H16N2O. The van der Waals surface area contributed by atoms with Crippen LogP contribution in [0.5, 0.6) is 0 Å². The van der Waals surface area contributed by atoms with E-state index in [0.29, 0.717) is 5.56 Å². The van der Waals surface area contributed by atoms with Crippen LogP contribution in [0.2, 0.25) is 0 Å². The van der Waals surface area contributed by atoms with Gasteiger partial charge in [-0.1, -0.05) is 30.3 Å². The van der Waals surface area contributed by atoms with E-state index in [0.717, 1.165) is 24.1 Å². The lowest BCUT2D eigenvalue weighted by Gasteiger charge is -2.30. The molecule has 1 heterocycles. The molecule has 3 rings (SSSR count). The second-order valence-corrected chi connectivity index (χ2v) is 5.13. The first-order valence-electron chi connectivity index (χ1n) is 6.80. The zero-order valence-corrected chi connectivity index (χ0v) is 11.1. The van der Waals surface area contributed by atoms with Gasteiger partial charge in [-0.25, -0.2) is 0 Å². The van der Waals surface area contributed by atoms with E-state index in [-0.39, 0.29) is 6.04 Å². The summed E-state index contributed by atoms with van der Waals surface area (Å²) >= 11 is 0. The Labute approximate surface area is 118 Å². The molecule has 0 aromatic heterocycles.